The van der Waals surface area contributed by atoms with Crippen LogP contribution in [-0.4, -0.2) is 23.3 Å². The summed E-state index contributed by atoms with van der Waals surface area (Å²) in [5.41, 5.74) is 3.65. The van der Waals surface area contributed by atoms with Crippen LogP contribution in [0.4, 0.5) is 0 Å². The summed E-state index contributed by atoms with van der Waals surface area (Å²) in [4.78, 5) is 11.8. The SMILES string of the molecule is CC.CC.COc1ccc(-c2ccc(Oc3ccc(-c4ccc(O)cc4)cc3)c(C(=O)O)c2)cc1. The molecule has 182 valence electrons. The number of aromatic carboxylic acids is 1. The van der Waals surface area contributed by atoms with Gasteiger partial charge in [-0.3, -0.25) is 0 Å². The zero-order valence-corrected chi connectivity index (χ0v) is 20.8. The van der Waals surface area contributed by atoms with Crippen molar-refractivity contribution in [3.05, 3.63) is 96.6 Å². The molecule has 0 radical (unpaired) electrons. The summed E-state index contributed by atoms with van der Waals surface area (Å²) >= 11 is 0. The van der Waals surface area contributed by atoms with Gasteiger partial charge in [-0.05, 0) is 70.8 Å². The summed E-state index contributed by atoms with van der Waals surface area (Å²) in [6, 6.07) is 26.7. The van der Waals surface area contributed by atoms with Crippen molar-refractivity contribution >= 4 is 5.97 Å². The molecule has 0 atom stereocenters. The van der Waals surface area contributed by atoms with Crippen molar-refractivity contribution < 1.29 is 24.5 Å². The maximum Gasteiger partial charge on any atom is 0.339 e. The van der Waals surface area contributed by atoms with E-state index in [1.54, 1.807) is 43.5 Å². The number of carboxylic acids is 1. The predicted molar refractivity (Wildman–Crippen MR) is 142 cm³/mol. The van der Waals surface area contributed by atoms with Crippen molar-refractivity contribution in [3.63, 3.8) is 0 Å². The first-order chi connectivity index (χ1) is 17.0. The Balaban J connectivity index is 0.00000103. The quantitative estimate of drug-likeness (QED) is 0.295. The molecule has 0 fully saturated rings. The van der Waals surface area contributed by atoms with E-state index >= 15 is 0 Å². The fourth-order valence-corrected chi connectivity index (χ4v) is 3.25. The highest BCUT2D eigenvalue weighted by molar-refractivity contribution is 5.93. The molecule has 0 aliphatic carbocycles. The molecule has 0 saturated carbocycles. The van der Waals surface area contributed by atoms with Crippen LogP contribution in [0.3, 0.4) is 0 Å². The first-order valence-electron chi connectivity index (χ1n) is 11.6. The van der Waals surface area contributed by atoms with Crippen molar-refractivity contribution in [1.29, 1.82) is 0 Å². The van der Waals surface area contributed by atoms with Crippen LogP contribution in [0.25, 0.3) is 22.3 Å². The van der Waals surface area contributed by atoms with Gasteiger partial charge in [0.15, 0.2) is 0 Å². The standard InChI is InChI=1S/C26H20O5.2C2H6/c1-30-22-11-4-19(5-12-22)20-8-15-25(24(16-20)26(28)29)31-23-13-6-18(7-14-23)17-2-9-21(27)10-3-17;2*1-2/h2-16,27H,1H3,(H,28,29);2*1-2H3. The van der Waals surface area contributed by atoms with Crippen molar-refractivity contribution in [2.75, 3.05) is 7.11 Å². The van der Waals surface area contributed by atoms with Gasteiger partial charge in [-0.2, -0.15) is 0 Å². The smallest absolute Gasteiger partial charge is 0.339 e. The average molecular weight is 473 g/mol. The molecule has 0 saturated heterocycles. The molecule has 0 aromatic heterocycles. The number of carboxylic acid groups (broad SMARTS) is 1. The van der Waals surface area contributed by atoms with Crippen molar-refractivity contribution in [1.82, 2.24) is 0 Å². The first kappa shape index (κ1) is 27.0. The molecule has 0 bridgehead atoms. The van der Waals surface area contributed by atoms with Gasteiger partial charge in [-0.15, -0.1) is 0 Å². The van der Waals surface area contributed by atoms with E-state index in [2.05, 4.69) is 0 Å². The lowest BCUT2D eigenvalue weighted by Gasteiger charge is -2.12. The molecular weight excluding hydrogens is 440 g/mol. The molecule has 0 heterocycles. The number of phenols is 1. The first-order valence-corrected chi connectivity index (χ1v) is 11.6. The highest BCUT2D eigenvalue weighted by Crippen LogP contribution is 2.32. The maximum absolute atomic E-state index is 11.8. The molecule has 0 amide bonds. The highest BCUT2D eigenvalue weighted by Gasteiger charge is 2.14. The van der Waals surface area contributed by atoms with Gasteiger partial charge in [-0.1, -0.05) is 70.2 Å². The molecule has 4 rings (SSSR count). The normalized spacial score (nSPS) is 9.63. The Kier molecular flexibility index (Phi) is 10.4. The van der Waals surface area contributed by atoms with E-state index in [1.807, 2.05) is 82.3 Å². The average Bonchev–Trinajstić information content (AvgIpc) is 2.92. The number of hydrogen-bond acceptors (Lipinski definition) is 4. The second-order valence-corrected chi connectivity index (χ2v) is 6.92. The van der Waals surface area contributed by atoms with Gasteiger partial charge in [0.05, 0.1) is 7.11 Å². The molecule has 0 aliphatic heterocycles. The number of phenolic OH excluding ortho intramolecular Hbond substituents is 1. The zero-order chi connectivity index (χ0) is 25.8. The zero-order valence-electron chi connectivity index (χ0n) is 20.8. The van der Waals surface area contributed by atoms with E-state index in [9.17, 15) is 15.0 Å². The van der Waals surface area contributed by atoms with Crippen LogP contribution in [0.1, 0.15) is 38.1 Å². The molecule has 4 aromatic rings. The van der Waals surface area contributed by atoms with Gasteiger partial charge in [0.25, 0.3) is 0 Å². The van der Waals surface area contributed by atoms with Crippen LogP contribution in [-0.2, 0) is 0 Å². The Bertz CT molecular complexity index is 1200. The summed E-state index contributed by atoms with van der Waals surface area (Å²) in [5, 5.41) is 19.1. The van der Waals surface area contributed by atoms with Gasteiger partial charge in [-0.25, -0.2) is 4.79 Å². The van der Waals surface area contributed by atoms with Crippen LogP contribution in [0.15, 0.2) is 91.0 Å². The van der Waals surface area contributed by atoms with Gasteiger partial charge < -0.3 is 19.7 Å². The van der Waals surface area contributed by atoms with Gasteiger partial charge in [0.1, 0.15) is 28.6 Å². The molecule has 0 unspecified atom stereocenters. The number of rotatable bonds is 6. The fourth-order valence-electron chi connectivity index (χ4n) is 3.25. The Morgan fingerprint density at radius 1 is 0.629 bits per heavy atom. The van der Waals surface area contributed by atoms with Gasteiger partial charge in [0.2, 0.25) is 0 Å². The van der Waals surface area contributed by atoms with E-state index in [4.69, 9.17) is 9.47 Å². The highest BCUT2D eigenvalue weighted by atomic mass is 16.5. The van der Waals surface area contributed by atoms with Gasteiger partial charge >= 0.3 is 5.97 Å². The third kappa shape index (κ3) is 7.11. The minimum atomic E-state index is -1.06. The van der Waals surface area contributed by atoms with Crippen LogP contribution < -0.4 is 9.47 Å². The lowest BCUT2D eigenvalue weighted by molar-refractivity contribution is 0.0694. The third-order valence-electron chi connectivity index (χ3n) is 4.92. The summed E-state index contributed by atoms with van der Waals surface area (Å²) in [6.07, 6.45) is 0. The molecule has 0 spiro atoms. The molecule has 4 aromatic carbocycles. The van der Waals surface area contributed by atoms with Crippen molar-refractivity contribution in [2.45, 2.75) is 27.7 Å². The summed E-state index contributed by atoms with van der Waals surface area (Å²) < 4.78 is 11.0. The van der Waals surface area contributed by atoms with Gasteiger partial charge in [0, 0.05) is 0 Å². The minimum Gasteiger partial charge on any atom is -0.508 e. The number of ether oxygens (including phenoxy) is 2. The van der Waals surface area contributed by atoms with Crippen LogP contribution >= 0.6 is 0 Å². The monoisotopic (exact) mass is 472 g/mol. The number of aromatic hydroxyl groups is 1. The van der Waals surface area contributed by atoms with E-state index in [1.165, 1.54) is 0 Å². The van der Waals surface area contributed by atoms with E-state index in [0.29, 0.717) is 5.75 Å². The predicted octanol–water partition coefficient (Wildman–Crippen LogP) is 8.28. The van der Waals surface area contributed by atoms with Crippen molar-refractivity contribution in [3.8, 4) is 45.3 Å². The Labute approximate surface area is 207 Å². The third-order valence-corrected chi connectivity index (χ3v) is 4.92. The number of methoxy groups -OCH3 is 1. The molecule has 35 heavy (non-hydrogen) atoms. The van der Waals surface area contributed by atoms with Crippen LogP contribution in [0, 0.1) is 0 Å². The molecule has 5 nitrogen and oxygen atoms in total. The topological polar surface area (TPSA) is 76.0 Å². The lowest BCUT2D eigenvalue weighted by Crippen LogP contribution is -2.00. The summed E-state index contributed by atoms with van der Waals surface area (Å²) in [5.74, 6) is 0.677. The number of hydrogen-bond donors (Lipinski definition) is 2. The largest absolute Gasteiger partial charge is 0.508 e. The lowest BCUT2D eigenvalue weighted by atomic mass is 10.0. The number of benzene rings is 4. The number of carbonyl (C=O) groups is 1. The Morgan fingerprint density at radius 3 is 1.54 bits per heavy atom. The van der Waals surface area contributed by atoms with E-state index < -0.39 is 5.97 Å². The fraction of sp³-hybridized carbons (Fsp3) is 0.167. The molecule has 0 aliphatic rings. The van der Waals surface area contributed by atoms with Crippen molar-refractivity contribution in [2.24, 2.45) is 0 Å². The second-order valence-electron chi connectivity index (χ2n) is 6.92. The van der Waals surface area contributed by atoms with Crippen LogP contribution in [0.5, 0.6) is 23.0 Å². The summed E-state index contributed by atoms with van der Waals surface area (Å²) in [6.45, 7) is 8.00. The summed E-state index contributed by atoms with van der Waals surface area (Å²) in [7, 11) is 1.60. The van der Waals surface area contributed by atoms with E-state index in [-0.39, 0.29) is 17.1 Å². The molecule has 2 N–H and O–H groups in total. The minimum absolute atomic E-state index is 0.0796. The Morgan fingerprint density at radius 2 is 1.06 bits per heavy atom. The molecular formula is C30H32O5. The second kappa shape index (κ2) is 13.5. The molecule has 5 heteroatoms. The van der Waals surface area contributed by atoms with Crippen LogP contribution in [0.2, 0.25) is 0 Å². The van der Waals surface area contributed by atoms with E-state index in [0.717, 1.165) is 28.0 Å². The maximum atomic E-state index is 11.8. The Hall–Kier alpha value is -4.25.